The van der Waals surface area contributed by atoms with Crippen molar-refractivity contribution in [2.45, 2.75) is 32.9 Å². The van der Waals surface area contributed by atoms with Gasteiger partial charge in [-0.05, 0) is 32.9 Å². The molecule has 1 rings (SSSR count). The predicted octanol–water partition coefficient (Wildman–Crippen LogP) is 2.56. The summed E-state index contributed by atoms with van der Waals surface area (Å²) in [6.07, 6.45) is 1.22. The Morgan fingerprint density at radius 1 is 1.53 bits per heavy atom. The summed E-state index contributed by atoms with van der Waals surface area (Å²) in [6.45, 7) is 6.31. The molecule has 0 saturated heterocycles. The van der Waals surface area contributed by atoms with Gasteiger partial charge in [-0.2, -0.15) is 0 Å². The van der Waals surface area contributed by atoms with Crippen molar-refractivity contribution >= 4 is 16.3 Å². The van der Waals surface area contributed by atoms with Gasteiger partial charge in [0.2, 0.25) is 0 Å². The van der Waals surface area contributed by atoms with E-state index in [0.29, 0.717) is 6.54 Å². The van der Waals surface area contributed by atoms with E-state index < -0.39 is 0 Å². The molecule has 96 valence electrons. The molecule has 1 aromatic rings. The summed E-state index contributed by atoms with van der Waals surface area (Å²) in [5.41, 5.74) is 0. The van der Waals surface area contributed by atoms with Crippen LogP contribution in [0.4, 0.5) is 5.00 Å². The first-order chi connectivity index (χ1) is 8.09. The molecule has 0 bridgehead atoms. The molecule has 0 saturated carbocycles. The summed E-state index contributed by atoms with van der Waals surface area (Å²) >= 11 is 1.22. The minimum atomic E-state index is -0.357. The van der Waals surface area contributed by atoms with E-state index in [0.717, 1.165) is 24.4 Å². The van der Waals surface area contributed by atoms with Crippen LogP contribution in [-0.4, -0.2) is 24.2 Å². The van der Waals surface area contributed by atoms with Gasteiger partial charge in [0.1, 0.15) is 0 Å². The summed E-state index contributed by atoms with van der Waals surface area (Å²) in [6, 6.07) is 3.34. The number of thiophene rings is 1. The summed E-state index contributed by atoms with van der Waals surface area (Å²) in [5.74, 6) is 0. The molecular formula is C11H18N2O3S. The molecule has 0 atom stereocenters. The van der Waals surface area contributed by atoms with Gasteiger partial charge in [0.25, 0.3) is 0 Å². The van der Waals surface area contributed by atoms with Crippen molar-refractivity contribution in [3.63, 3.8) is 0 Å². The van der Waals surface area contributed by atoms with Crippen LogP contribution in [0.25, 0.3) is 0 Å². The van der Waals surface area contributed by atoms with Crippen LogP contribution in [0.3, 0.4) is 0 Å². The van der Waals surface area contributed by atoms with Crippen molar-refractivity contribution in [1.82, 2.24) is 5.32 Å². The Balaban J connectivity index is 2.11. The normalized spacial score (nSPS) is 11.0. The molecule has 17 heavy (non-hydrogen) atoms. The zero-order chi connectivity index (χ0) is 12.7. The first-order valence-corrected chi connectivity index (χ1v) is 6.46. The van der Waals surface area contributed by atoms with Crippen LogP contribution in [0.2, 0.25) is 0 Å². The largest absolute Gasteiger partial charge is 0.379 e. The van der Waals surface area contributed by atoms with Gasteiger partial charge in [0, 0.05) is 24.1 Å². The van der Waals surface area contributed by atoms with Gasteiger partial charge in [-0.3, -0.25) is 10.1 Å². The number of nitrogens with zero attached hydrogens (tertiary/aromatic N) is 1. The number of hydrogen-bond acceptors (Lipinski definition) is 5. The Bertz CT molecular complexity index is 352. The Kier molecular flexibility index (Phi) is 6.10. The fourth-order valence-electron chi connectivity index (χ4n) is 1.29. The van der Waals surface area contributed by atoms with Gasteiger partial charge in [0.05, 0.1) is 11.0 Å². The summed E-state index contributed by atoms with van der Waals surface area (Å²) in [7, 11) is 0. The Hall–Kier alpha value is -0.980. The van der Waals surface area contributed by atoms with E-state index in [1.54, 1.807) is 12.1 Å². The van der Waals surface area contributed by atoms with Crippen LogP contribution >= 0.6 is 11.3 Å². The van der Waals surface area contributed by atoms with Crippen molar-refractivity contribution < 1.29 is 9.66 Å². The lowest BCUT2D eigenvalue weighted by Crippen LogP contribution is -2.16. The number of nitrogens with one attached hydrogen (secondary N) is 1. The second-order valence-corrected chi connectivity index (χ2v) is 5.09. The fourth-order valence-corrected chi connectivity index (χ4v) is 2.08. The van der Waals surface area contributed by atoms with Crippen LogP contribution in [0.1, 0.15) is 25.1 Å². The summed E-state index contributed by atoms with van der Waals surface area (Å²) in [5, 5.41) is 13.9. The van der Waals surface area contributed by atoms with Crippen LogP contribution < -0.4 is 5.32 Å². The zero-order valence-corrected chi connectivity index (χ0v) is 11.0. The van der Waals surface area contributed by atoms with E-state index in [1.807, 2.05) is 13.8 Å². The molecule has 6 heteroatoms. The molecule has 0 aromatic carbocycles. The van der Waals surface area contributed by atoms with Crippen LogP contribution in [-0.2, 0) is 11.3 Å². The average Bonchev–Trinajstić information content (AvgIpc) is 2.71. The molecule has 1 heterocycles. The lowest BCUT2D eigenvalue weighted by Gasteiger charge is -2.07. The lowest BCUT2D eigenvalue weighted by molar-refractivity contribution is -0.380. The van der Waals surface area contributed by atoms with Crippen molar-refractivity contribution in [2.24, 2.45) is 0 Å². The smallest absolute Gasteiger partial charge is 0.324 e. The van der Waals surface area contributed by atoms with Crippen LogP contribution in [0.15, 0.2) is 12.1 Å². The average molecular weight is 258 g/mol. The molecule has 0 spiro atoms. The van der Waals surface area contributed by atoms with Crippen molar-refractivity contribution in [3.8, 4) is 0 Å². The minimum absolute atomic E-state index is 0.199. The van der Waals surface area contributed by atoms with Crippen molar-refractivity contribution in [3.05, 3.63) is 27.1 Å². The molecule has 0 radical (unpaired) electrons. The fraction of sp³-hybridized carbons (Fsp3) is 0.636. The second kappa shape index (κ2) is 7.37. The zero-order valence-electron chi connectivity index (χ0n) is 10.1. The molecular weight excluding hydrogens is 240 g/mol. The lowest BCUT2D eigenvalue weighted by atomic mass is 10.4. The standard InChI is InChI=1S/C11H18N2O3S/c1-9(2)16-7-3-6-12-8-10-4-5-11(17-10)13(14)15/h4-5,9,12H,3,6-8H2,1-2H3. The maximum Gasteiger partial charge on any atom is 0.324 e. The van der Waals surface area contributed by atoms with Gasteiger partial charge >= 0.3 is 5.00 Å². The van der Waals surface area contributed by atoms with E-state index in [4.69, 9.17) is 4.74 Å². The van der Waals surface area contributed by atoms with E-state index in [1.165, 1.54) is 11.3 Å². The Morgan fingerprint density at radius 3 is 2.88 bits per heavy atom. The van der Waals surface area contributed by atoms with Gasteiger partial charge in [-0.1, -0.05) is 11.3 Å². The highest BCUT2D eigenvalue weighted by Crippen LogP contribution is 2.23. The maximum absolute atomic E-state index is 10.5. The van der Waals surface area contributed by atoms with Gasteiger partial charge in [0.15, 0.2) is 0 Å². The van der Waals surface area contributed by atoms with Crippen LogP contribution in [0.5, 0.6) is 0 Å². The predicted molar refractivity (Wildman–Crippen MR) is 68.4 cm³/mol. The SMILES string of the molecule is CC(C)OCCCNCc1ccc([N+](=O)[O-])s1. The van der Waals surface area contributed by atoms with Crippen molar-refractivity contribution in [1.29, 1.82) is 0 Å². The molecule has 0 unspecified atom stereocenters. The van der Waals surface area contributed by atoms with E-state index in [2.05, 4.69) is 5.32 Å². The first kappa shape index (κ1) is 14.1. The third kappa shape index (κ3) is 5.76. The monoisotopic (exact) mass is 258 g/mol. The quantitative estimate of drug-likeness (QED) is 0.442. The third-order valence-corrected chi connectivity index (χ3v) is 3.11. The van der Waals surface area contributed by atoms with Gasteiger partial charge in [-0.15, -0.1) is 0 Å². The van der Waals surface area contributed by atoms with E-state index in [-0.39, 0.29) is 16.0 Å². The first-order valence-electron chi connectivity index (χ1n) is 5.65. The molecule has 1 N–H and O–H groups in total. The van der Waals surface area contributed by atoms with E-state index >= 15 is 0 Å². The third-order valence-electron chi connectivity index (χ3n) is 2.08. The molecule has 5 nitrogen and oxygen atoms in total. The number of ether oxygens (including phenoxy) is 1. The number of rotatable bonds is 8. The van der Waals surface area contributed by atoms with Gasteiger partial charge in [-0.25, -0.2) is 0 Å². The highest BCUT2D eigenvalue weighted by molar-refractivity contribution is 7.15. The van der Waals surface area contributed by atoms with Crippen LogP contribution in [0, 0.1) is 10.1 Å². The molecule has 0 aliphatic heterocycles. The molecule has 0 amide bonds. The highest BCUT2D eigenvalue weighted by atomic mass is 32.1. The minimum Gasteiger partial charge on any atom is -0.379 e. The van der Waals surface area contributed by atoms with E-state index in [9.17, 15) is 10.1 Å². The van der Waals surface area contributed by atoms with Gasteiger partial charge < -0.3 is 10.1 Å². The molecule has 0 aliphatic rings. The second-order valence-electron chi connectivity index (χ2n) is 3.95. The van der Waals surface area contributed by atoms with Crippen molar-refractivity contribution in [2.75, 3.05) is 13.2 Å². The topological polar surface area (TPSA) is 64.4 Å². The summed E-state index contributed by atoms with van der Waals surface area (Å²) < 4.78 is 5.40. The number of nitro groups is 1. The summed E-state index contributed by atoms with van der Waals surface area (Å²) in [4.78, 5) is 11.1. The maximum atomic E-state index is 10.5. The highest BCUT2D eigenvalue weighted by Gasteiger charge is 2.08. The Labute approximate surface area is 105 Å². The molecule has 0 fully saturated rings. The molecule has 0 aliphatic carbocycles. The molecule has 1 aromatic heterocycles. The Morgan fingerprint density at radius 2 is 2.29 bits per heavy atom. The number of hydrogen-bond donors (Lipinski definition) is 1.